The molecule has 0 fully saturated rings. The van der Waals surface area contributed by atoms with Gasteiger partial charge in [0.2, 0.25) is 5.95 Å². The van der Waals surface area contributed by atoms with Crippen LogP contribution in [0.15, 0.2) is 6.20 Å². The highest BCUT2D eigenvalue weighted by atomic mass is 35.5. The zero-order chi connectivity index (χ0) is 9.84. The molecule has 0 aliphatic carbocycles. The van der Waals surface area contributed by atoms with E-state index in [1.807, 2.05) is 13.8 Å². The van der Waals surface area contributed by atoms with Crippen LogP contribution in [-0.4, -0.2) is 16.0 Å². The van der Waals surface area contributed by atoms with E-state index in [9.17, 15) is 0 Å². The molecule has 0 aliphatic heterocycles. The highest BCUT2D eigenvalue weighted by Gasteiger charge is 2.04. The normalized spacial score (nSPS) is 10.2. The van der Waals surface area contributed by atoms with Gasteiger partial charge in [-0.3, -0.25) is 5.43 Å². The highest BCUT2D eigenvalue weighted by Crippen LogP contribution is 2.19. The summed E-state index contributed by atoms with van der Waals surface area (Å²) in [5.41, 5.74) is 2.35. The van der Waals surface area contributed by atoms with Crippen LogP contribution in [0.25, 0.3) is 0 Å². The van der Waals surface area contributed by atoms with E-state index in [2.05, 4.69) is 20.7 Å². The summed E-state index contributed by atoms with van der Waals surface area (Å²) in [7, 11) is 0. The Balaban J connectivity index is 2.90. The summed E-state index contributed by atoms with van der Waals surface area (Å²) in [5, 5.41) is 3.55. The molecule has 0 spiro atoms. The van der Waals surface area contributed by atoms with Gasteiger partial charge >= 0.3 is 0 Å². The van der Waals surface area contributed by atoms with Gasteiger partial charge in [0, 0.05) is 6.04 Å². The summed E-state index contributed by atoms with van der Waals surface area (Å²) >= 11 is 5.84. The minimum Gasteiger partial charge on any atom is -0.366 e. The summed E-state index contributed by atoms with van der Waals surface area (Å²) in [6.45, 7) is 3.99. The molecule has 0 saturated heterocycles. The second-order valence-electron chi connectivity index (χ2n) is 2.83. The van der Waals surface area contributed by atoms with E-state index in [0.29, 0.717) is 16.8 Å². The van der Waals surface area contributed by atoms with Gasteiger partial charge in [0.1, 0.15) is 5.02 Å². The standard InChI is InChI=1S/C7H12ClN5/c1-4(2)11-6-5(8)3-10-7(12-6)13-9/h3-4H,9H2,1-2H3,(H2,10,11,12,13). The molecule has 1 aromatic heterocycles. The second-order valence-corrected chi connectivity index (χ2v) is 3.24. The number of hydrogen-bond donors (Lipinski definition) is 3. The number of aromatic nitrogens is 2. The topological polar surface area (TPSA) is 75.9 Å². The Labute approximate surface area is 81.7 Å². The lowest BCUT2D eigenvalue weighted by Crippen LogP contribution is -2.15. The zero-order valence-electron chi connectivity index (χ0n) is 7.50. The highest BCUT2D eigenvalue weighted by molar-refractivity contribution is 6.32. The molecule has 72 valence electrons. The summed E-state index contributed by atoms with van der Waals surface area (Å²) in [6.07, 6.45) is 1.49. The molecule has 0 radical (unpaired) electrons. The van der Waals surface area contributed by atoms with Crippen LogP contribution in [0.3, 0.4) is 0 Å². The molecule has 0 atom stereocenters. The van der Waals surface area contributed by atoms with Gasteiger partial charge in [0.15, 0.2) is 5.82 Å². The van der Waals surface area contributed by atoms with Crippen molar-refractivity contribution in [3.8, 4) is 0 Å². The Hall–Kier alpha value is -1.07. The molecular formula is C7H12ClN5. The number of hydrogen-bond acceptors (Lipinski definition) is 5. The maximum absolute atomic E-state index is 5.84. The largest absolute Gasteiger partial charge is 0.366 e. The molecular weight excluding hydrogens is 190 g/mol. The van der Waals surface area contributed by atoms with Crippen molar-refractivity contribution in [2.24, 2.45) is 5.84 Å². The predicted molar refractivity (Wildman–Crippen MR) is 53.6 cm³/mol. The number of anilines is 2. The first-order chi connectivity index (χ1) is 6.13. The molecule has 1 aromatic rings. The van der Waals surface area contributed by atoms with Crippen LogP contribution in [0, 0.1) is 0 Å². The molecule has 0 bridgehead atoms. The molecule has 5 nitrogen and oxygen atoms in total. The third kappa shape index (κ3) is 2.71. The quantitative estimate of drug-likeness (QED) is 0.507. The molecule has 0 amide bonds. The fraction of sp³-hybridized carbons (Fsp3) is 0.429. The van der Waals surface area contributed by atoms with Gasteiger partial charge in [-0.2, -0.15) is 4.98 Å². The first kappa shape index (κ1) is 10.0. The van der Waals surface area contributed by atoms with Crippen LogP contribution < -0.4 is 16.6 Å². The number of nitrogens with zero attached hydrogens (tertiary/aromatic N) is 2. The molecule has 0 aliphatic rings. The fourth-order valence-corrected chi connectivity index (χ4v) is 0.957. The summed E-state index contributed by atoms with van der Waals surface area (Å²) in [5.74, 6) is 6.08. The summed E-state index contributed by atoms with van der Waals surface area (Å²) < 4.78 is 0. The number of halogens is 1. The SMILES string of the molecule is CC(C)Nc1nc(NN)ncc1Cl. The molecule has 0 unspecified atom stereocenters. The molecule has 1 rings (SSSR count). The summed E-state index contributed by atoms with van der Waals surface area (Å²) in [4.78, 5) is 7.89. The third-order valence-corrected chi connectivity index (χ3v) is 1.58. The Kier molecular flexibility index (Phi) is 3.27. The molecule has 1 heterocycles. The van der Waals surface area contributed by atoms with Crippen molar-refractivity contribution in [3.05, 3.63) is 11.2 Å². The summed E-state index contributed by atoms with van der Waals surface area (Å²) in [6, 6.07) is 0.262. The van der Waals surface area contributed by atoms with E-state index in [4.69, 9.17) is 17.4 Å². The van der Waals surface area contributed by atoms with Crippen LogP contribution >= 0.6 is 11.6 Å². The van der Waals surface area contributed by atoms with Crippen molar-refractivity contribution in [1.82, 2.24) is 9.97 Å². The molecule has 0 saturated carbocycles. The Morgan fingerprint density at radius 1 is 1.54 bits per heavy atom. The van der Waals surface area contributed by atoms with E-state index in [-0.39, 0.29) is 6.04 Å². The van der Waals surface area contributed by atoms with E-state index in [1.165, 1.54) is 6.20 Å². The van der Waals surface area contributed by atoms with Gasteiger partial charge < -0.3 is 5.32 Å². The van der Waals surface area contributed by atoms with E-state index >= 15 is 0 Å². The Morgan fingerprint density at radius 2 is 2.23 bits per heavy atom. The van der Waals surface area contributed by atoms with Crippen molar-refractivity contribution in [1.29, 1.82) is 0 Å². The maximum Gasteiger partial charge on any atom is 0.239 e. The lowest BCUT2D eigenvalue weighted by Gasteiger charge is -2.10. The number of rotatable bonds is 3. The minimum atomic E-state index is 0.262. The van der Waals surface area contributed by atoms with Crippen LogP contribution in [0.1, 0.15) is 13.8 Å². The van der Waals surface area contributed by atoms with Gasteiger partial charge in [-0.1, -0.05) is 11.6 Å². The molecule has 4 N–H and O–H groups in total. The first-order valence-corrected chi connectivity index (χ1v) is 4.27. The monoisotopic (exact) mass is 201 g/mol. The van der Waals surface area contributed by atoms with E-state index in [1.54, 1.807) is 0 Å². The number of nitrogen functional groups attached to an aromatic ring is 1. The van der Waals surface area contributed by atoms with Crippen molar-refractivity contribution in [2.75, 3.05) is 10.7 Å². The Bertz CT molecular complexity index is 288. The van der Waals surface area contributed by atoms with Gasteiger partial charge in [0.25, 0.3) is 0 Å². The van der Waals surface area contributed by atoms with Crippen LogP contribution in [-0.2, 0) is 0 Å². The van der Waals surface area contributed by atoms with Gasteiger partial charge in [-0.05, 0) is 13.8 Å². The minimum absolute atomic E-state index is 0.262. The van der Waals surface area contributed by atoms with Gasteiger partial charge in [-0.25, -0.2) is 10.8 Å². The zero-order valence-corrected chi connectivity index (χ0v) is 8.26. The van der Waals surface area contributed by atoms with Crippen molar-refractivity contribution in [3.63, 3.8) is 0 Å². The lowest BCUT2D eigenvalue weighted by atomic mass is 10.4. The average Bonchev–Trinajstić information content (AvgIpc) is 2.08. The molecule has 6 heteroatoms. The Morgan fingerprint density at radius 3 is 2.77 bits per heavy atom. The average molecular weight is 202 g/mol. The molecule has 13 heavy (non-hydrogen) atoms. The van der Waals surface area contributed by atoms with Gasteiger partial charge in [-0.15, -0.1) is 0 Å². The lowest BCUT2D eigenvalue weighted by molar-refractivity contribution is 0.886. The van der Waals surface area contributed by atoms with Crippen LogP contribution in [0.2, 0.25) is 5.02 Å². The number of hydrazine groups is 1. The van der Waals surface area contributed by atoms with E-state index in [0.717, 1.165) is 0 Å². The van der Waals surface area contributed by atoms with Crippen LogP contribution in [0.4, 0.5) is 11.8 Å². The number of nitrogens with one attached hydrogen (secondary N) is 2. The third-order valence-electron chi connectivity index (χ3n) is 1.30. The number of nitrogens with two attached hydrogens (primary N) is 1. The fourth-order valence-electron chi connectivity index (χ4n) is 0.811. The van der Waals surface area contributed by atoms with E-state index < -0.39 is 0 Å². The molecule has 0 aromatic carbocycles. The van der Waals surface area contributed by atoms with Crippen molar-refractivity contribution >= 4 is 23.4 Å². The van der Waals surface area contributed by atoms with Crippen molar-refractivity contribution in [2.45, 2.75) is 19.9 Å². The smallest absolute Gasteiger partial charge is 0.239 e. The second kappa shape index (κ2) is 4.25. The van der Waals surface area contributed by atoms with Crippen molar-refractivity contribution < 1.29 is 0 Å². The maximum atomic E-state index is 5.84. The first-order valence-electron chi connectivity index (χ1n) is 3.89. The predicted octanol–water partition coefficient (Wildman–Crippen LogP) is 1.24. The van der Waals surface area contributed by atoms with Crippen LogP contribution in [0.5, 0.6) is 0 Å². The van der Waals surface area contributed by atoms with Gasteiger partial charge in [0.05, 0.1) is 6.20 Å².